The minimum atomic E-state index is -0.167. The predicted molar refractivity (Wildman–Crippen MR) is 110 cm³/mol. The zero-order chi connectivity index (χ0) is 19.5. The molecule has 0 N–H and O–H groups in total. The van der Waals surface area contributed by atoms with Crippen molar-refractivity contribution in [2.75, 3.05) is 18.8 Å². The average molecular weight is 396 g/mol. The van der Waals surface area contributed by atoms with E-state index >= 15 is 0 Å². The van der Waals surface area contributed by atoms with Gasteiger partial charge in [-0.15, -0.1) is 0 Å². The van der Waals surface area contributed by atoms with Gasteiger partial charge in [-0.05, 0) is 31.5 Å². The average Bonchev–Trinajstić information content (AvgIpc) is 2.94. The highest BCUT2D eigenvalue weighted by Crippen LogP contribution is 2.36. The summed E-state index contributed by atoms with van der Waals surface area (Å²) in [5.41, 5.74) is 3.12. The number of halogens is 1. The number of hydrogen-bond donors (Lipinski definition) is 0. The Kier molecular flexibility index (Phi) is 5.48. The number of rotatable bonds is 3. The lowest BCUT2D eigenvalue weighted by atomic mass is 10.1. The second-order valence-electron chi connectivity index (χ2n) is 6.85. The highest BCUT2D eigenvalue weighted by molar-refractivity contribution is 7.99. The summed E-state index contributed by atoms with van der Waals surface area (Å²) in [4.78, 5) is 15.0. The number of benzene rings is 2. The first-order valence-corrected chi connectivity index (χ1v) is 10.5. The molecule has 0 radical (unpaired) electrons. The predicted octanol–water partition coefficient (Wildman–Crippen LogP) is 4.64. The summed E-state index contributed by atoms with van der Waals surface area (Å²) in [7, 11) is 0. The summed E-state index contributed by atoms with van der Waals surface area (Å²) < 4.78 is 15.9. The van der Waals surface area contributed by atoms with Crippen molar-refractivity contribution in [2.45, 2.75) is 18.6 Å². The quantitative estimate of drug-likeness (QED) is 0.648. The SMILES string of the molecule is Cc1c(C(=O)N2CCSC(c3ccccc3F)CC2)cnn1-c1ccccc1. The van der Waals surface area contributed by atoms with E-state index in [1.807, 2.05) is 54.3 Å². The summed E-state index contributed by atoms with van der Waals surface area (Å²) >= 11 is 1.72. The van der Waals surface area contributed by atoms with Gasteiger partial charge in [-0.2, -0.15) is 16.9 Å². The van der Waals surface area contributed by atoms with Gasteiger partial charge in [0, 0.05) is 29.7 Å². The zero-order valence-electron chi connectivity index (χ0n) is 15.7. The molecule has 1 aliphatic rings. The van der Waals surface area contributed by atoms with E-state index in [4.69, 9.17) is 0 Å². The Morgan fingerprint density at radius 1 is 1.11 bits per heavy atom. The second-order valence-corrected chi connectivity index (χ2v) is 8.16. The molecule has 1 saturated heterocycles. The van der Waals surface area contributed by atoms with Crippen LogP contribution in [0.5, 0.6) is 0 Å². The van der Waals surface area contributed by atoms with Crippen molar-refractivity contribution in [2.24, 2.45) is 0 Å². The zero-order valence-corrected chi connectivity index (χ0v) is 16.5. The van der Waals surface area contributed by atoms with E-state index < -0.39 is 0 Å². The molecule has 1 aliphatic heterocycles. The van der Waals surface area contributed by atoms with Crippen LogP contribution < -0.4 is 0 Å². The van der Waals surface area contributed by atoms with Crippen LogP contribution in [0.4, 0.5) is 4.39 Å². The molecule has 0 aliphatic carbocycles. The molecule has 1 fully saturated rings. The molecule has 1 aromatic heterocycles. The van der Waals surface area contributed by atoms with Gasteiger partial charge in [-0.1, -0.05) is 36.4 Å². The fourth-order valence-electron chi connectivity index (χ4n) is 3.58. The number of carbonyl (C=O) groups is 1. The van der Waals surface area contributed by atoms with Crippen molar-refractivity contribution < 1.29 is 9.18 Å². The number of carbonyl (C=O) groups excluding carboxylic acids is 1. The van der Waals surface area contributed by atoms with Gasteiger partial charge >= 0.3 is 0 Å². The van der Waals surface area contributed by atoms with E-state index in [2.05, 4.69) is 5.10 Å². The molecule has 0 bridgehead atoms. The maximum atomic E-state index is 14.1. The van der Waals surface area contributed by atoms with E-state index in [1.54, 1.807) is 28.7 Å². The summed E-state index contributed by atoms with van der Waals surface area (Å²) in [6.07, 6.45) is 2.39. The van der Waals surface area contributed by atoms with Crippen molar-refractivity contribution in [1.29, 1.82) is 0 Å². The maximum Gasteiger partial charge on any atom is 0.257 e. The van der Waals surface area contributed by atoms with Gasteiger partial charge in [0.15, 0.2) is 0 Å². The van der Waals surface area contributed by atoms with Crippen LogP contribution in [0.1, 0.15) is 33.3 Å². The lowest BCUT2D eigenvalue weighted by molar-refractivity contribution is 0.0766. The number of nitrogens with zero attached hydrogens (tertiary/aromatic N) is 3. The highest BCUT2D eigenvalue weighted by atomic mass is 32.2. The number of aromatic nitrogens is 2. The van der Waals surface area contributed by atoms with Gasteiger partial charge < -0.3 is 4.90 Å². The molecule has 2 aromatic carbocycles. The van der Waals surface area contributed by atoms with E-state index in [-0.39, 0.29) is 17.0 Å². The molecule has 1 unspecified atom stereocenters. The number of hydrogen-bond acceptors (Lipinski definition) is 3. The molecular weight excluding hydrogens is 373 g/mol. The van der Waals surface area contributed by atoms with Crippen LogP contribution in [0.15, 0.2) is 60.8 Å². The maximum absolute atomic E-state index is 14.1. The van der Waals surface area contributed by atoms with Gasteiger partial charge in [0.25, 0.3) is 5.91 Å². The number of para-hydroxylation sites is 1. The van der Waals surface area contributed by atoms with Crippen LogP contribution in [0.2, 0.25) is 0 Å². The normalized spacial score (nSPS) is 17.4. The molecular formula is C22H22FN3OS. The van der Waals surface area contributed by atoms with Gasteiger partial charge in [0.05, 0.1) is 23.1 Å². The summed E-state index contributed by atoms with van der Waals surface area (Å²) in [5, 5.41) is 4.49. The second kappa shape index (κ2) is 8.19. The first-order valence-electron chi connectivity index (χ1n) is 9.40. The fraction of sp³-hybridized carbons (Fsp3) is 0.273. The Labute approximate surface area is 168 Å². The van der Waals surface area contributed by atoms with Gasteiger partial charge in [-0.3, -0.25) is 4.79 Å². The van der Waals surface area contributed by atoms with Crippen molar-refractivity contribution in [1.82, 2.24) is 14.7 Å². The first kappa shape index (κ1) is 18.7. The van der Waals surface area contributed by atoms with Gasteiger partial charge in [0.1, 0.15) is 5.82 Å². The third kappa shape index (κ3) is 3.69. The summed E-state index contributed by atoms with van der Waals surface area (Å²) in [6, 6.07) is 16.7. The molecule has 4 rings (SSSR count). The third-order valence-corrected chi connectivity index (χ3v) is 6.43. The monoisotopic (exact) mass is 395 g/mol. The van der Waals surface area contributed by atoms with Crippen molar-refractivity contribution >= 4 is 17.7 Å². The lowest BCUT2D eigenvalue weighted by Crippen LogP contribution is -2.33. The molecule has 28 heavy (non-hydrogen) atoms. The molecule has 0 saturated carbocycles. The first-order chi connectivity index (χ1) is 13.6. The molecule has 6 heteroatoms. The van der Waals surface area contributed by atoms with Crippen molar-refractivity contribution in [3.8, 4) is 5.69 Å². The van der Waals surface area contributed by atoms with E-state index in [1.165, 1.54) is 6.07 Å². The standard InChI is InChI=1S/C22H22FN3OS/c1-16-19(15-24-26(16)17-7-3-2-4-8-17)22(27)25-12-11-21(28-14-13-25)18-9-5-6-10-20(18)23/h2-10,15,21H,11-14H2,1H3. The van der Waals surface area contributed by atoms with Crippen LogP contribution in [0.3, 0.4) is 0 Å². The van der Waals surface area contributed by atoms with Gasteiger partial charge in [0.2, 0.25) is 0 Å². The Hall–Kier alpha value is -2.60. The molecule has 2 heterocycles. The Morgan fingerprint density at radius 3 is 2.64 bits per heavy atom. The highest BCUT2D eigenvalue weighted by Gasteiger charge is 2.26. The molecule has 0 spiro atoms. The summed E-state index contributed by atoms with van der Waals surface area (Å²) in [5.74, 6) is 0.616. The topological polar surface area (TPSA) is 38.1 Å². The molecule has 1 amide bonds. The molecule has 3 aromatic rings. The lowest BCUT2D eigenvalue weighted by Gasteiger charge is -2.20. The van der Waals surface area contributed by atoms with E-state index in [0.717, 1.165) is 29.1 Å². The minimum absolute atomic E-state index is 0.00513. The van der Waals surface area contributed by atoms with Crippen LogP contribution in [-0.2, 0) is 0 Å². The van der Waals surface area contributed by atoms with Gasteiger partial charge in [-0.25, -0.2) is 9.07 Å². The van der Waals surface area contributed by atoms with E-state index in [0.29, 0.717) is 18.7 Å². The largest absolute Gasteiger partial charge is 0.338 e. The van der Waals surface area contributed by atoms with Crippen molar-refractivity contribution in [3.05, 3.63) is 83.4 Å². The smallest absolute Gasteiger partial charge is 0.257 e. The third-order valence-electron chi connectivity index (χ3n) is 5.12. The number of thioether (sulfide) groups is 1. The summed E-state index contributed by atoms with van der Waals surface area (Å²) in [6.45, 7) is 3.19. The Balaban J connectivity index is 1.50. The molecule has 4 nitrogen and oxygen atoms in total. The fourth-order valence-corrected chi connectivity index (χ4v) is 4.83. The van der Waals surface area contributed by atoms with E-state index in [9.17, 15) is 9.18 Å². The van der Waals surface area contributed by atoms with Crippen LogP contribution in [0, 0.1) is 12.7 Å². The van der Waals surface area contributed by atoms with Crippen LogP contribution >= 0.6 is 11.8 Å². The van der Waals surface area contributed by atoms with Crippen LogP contribution in [0.25, 0.3) is 5.69 Å². The van der Waals surface area contributed by atoms with Crippen LogP contribution in [-0.4, -0.2) is 39.4 Å². The molecule has 144 valence electrons. The Bertz CT molecular complexity index is 973. The minimum Gasteiger partial charge on any atom is -0.338 e. The molecule has 1 atom stereocenters. The number of amides is 1. The Morgan fingerprint density at radius 2 is 1.86 bits per heavy atom. The van der Waals surface area contributed by atoms with Crippen molar-refractivity contribution in [3.63, 3.8) is 0 Å².